The van der Waals surface area contributed by atoms with Gasteiger partial charge in [-0.05, 0) is 49.9 Å². The van der Waals surface area contributed by atoms with Crippen LogP contribution >= 0.6 is 0 Å². The number of likely N-dealkylation sites (tertiary alicyclic amines) is 2. The molecule has 2 aliphatic heterocycles. The second-order valence-electron chi connectivity index (χ2n) is 7.25. The first-order valence-electron chi connectivity index (χ1n) is 9.52. The number of anilines is 1. The number of halogens is 1. The number of nitrogens with two attached hydrogens (primary N) is 1. The van der Waals surface area contributed by atoms with Gasteiger partial charge in [0.2, 0.25) is 11.9 Å². The van der Waals surface area contributed by atoms with Gasteiger partial charge in [-0.3, -0.25) is 9.69 Å². The Hall–Kier alpha value is -2.54. The standard InChI is InChI=1S/C20H24FN5O/c21-15-6-3-5-14(11-15)16-12-23-20(22)24-19(16)17-7-4-10-26(17)13-18(27)25-8-1-2-9-25/h3,5-6,11-12,17H,1-2,4,7-10,13H2,(H2,22,23,24)/t17-/m0/s1. The number of rotatable bonds is 4. The minimum atomic E-state index is -0.303. The van der Waals surface area contributed by atoms with Gasteiger partial charge in [-0.1, -0.05) is 12.1 Å². The summed E-state index contributed by atoms with van der Waals surface area (Å²) in [5.41, 5.74) is 8.13. The second kappa shape index (κ2) is 7.60. The van der Waals surface area contributed by atoms with Crippen molar-refractivity contribution in [1.29, 1.82) is 0 Å². The third-order valence-corrected chi connectivity index (χ3v) is 5.45. The average molecular weight is 369 g/mol. The first-order chi connectivity index (χ1) is 13.1. The summed E-state index contributed by atoms with van der Waals surface area (Å²) in [6, 6.07) is 6.40. The van der Waals surface area contributed by atoms with Gasteiger partial charge in [-0.2, -0.15) is 0 Å². The van der Waals surface area contributed by atoms with Gasteiger partial charge in [-0.25, -0.2) is 14.4 Å². The summed E-state index contributed by atoms with van der Waals surface area (Å²) < 4.78 is 13.7. The number of aromatic nitrogens is 2. The van der Waals surface area contributed by atoms with Crippen molar-refractivity contribution < 1.29 is 9.18 Å². The lowest BCUT2D eigenvalue weighted by Crippen LogP contribution is -2.39. The number of hydrogen-bond donors (Lipinski definition) is 1. The SMILES string of the molecule is Nc1ncc(-c2cccc(F)c2)c([C@@H]2CCCN2CC(=O)N2CCCC2)n1. The first kappa shape index (κ1) is 17.9. The van der Waals surface area contributed by atoms with E-state index in [4.69, 9.17) is 5.73 Å². The van der Waals surface area contributed by atoms with E-state index >= 15 is 0 Å². The van der Waals surface area contributed by atoms with Crippen molar-refractivity contribution in [3.8, 4) is 11.1 Å². The molecule has 142 valence electrons. The fraction of sp³-hybridized carbons (Fsp3) is 0.450. The summed E-state index contributed by atoms with van der Waals surface area (Å²) in [6.45, 7) is 2.94. The third kappa shape index (κ3) is 3.78. The summed E-state index contributed by atoms with van der Waals surface area (Å²) in [7, 11) is 0. The van der Waals surface area contributed by atoms with Gasteiger partial charge in [0.1, 0.15) is 5.82 Å². The zero-order valence-electron chi connectivity index (χ0n) is 15.3. The van der Waals surface area contributed by atoms with Gasteiger partial charge < -0.3 is 10.6 Å². The summed E-state index contributed by atoms with van der Waals surface area (Å²) in [5, 5.41) is 0. The second-order valence-corrected chi connectivity index (χ2v) is 7.25. The Morgan fingerprint density at radius 2 is 2.04 bits per heavy atom. The Kier molecular flexibility index (Phi) is 5.03. The molecule has 0 bridgehead atoms. The molecule has 2 aliphatic rings. The van der Waals surface area contributed by atoms with E-state index in [-0.39, 0.29) is 23.7 Å². The van der Waals surface area contributed by atoms with E-state index in [0.717, 1.165) is 62.1 Å². The average Bonchev–Trinajstić information content (AvgIpc) is 3.33. The first-order valence-corrected chi connectivity index (χ1v) is 9.52. The smallest absolute Gasteiger partial charge is 0.236 e. The summed E-state index contributed by atoms with van der Waals surface area (Å²) >= 11 is 0. The lowest BCUT2D eigenvalue weighted by Gasteiger charge is -2.27. The number of carbonyl (C=O) groups is 1. The number of nitrogens with zero attached hydrogens (tertiary/aromatic N) is 4. The zero-order valence-corrected chi connectivity index (χ0v) is 15.3. The van der Waals surface area contributed by atoms with E-state index in [2.05, 4.69) is 14.9 Å². The van der Waals surface area contributed by atoms with Crippen LogP contribution in [0.25, 0.3) is 11.1 Å². The maximum absolute atomic E-state index is 13.7. The van der Waals surface area contributed by atoms with Crippen molar-refractivity contribution in [3.05, 3.63) is 42.0 Å². The molecule has 7 heteroatoms. The molecule has 27 heavy (non-hydrogen) atoms. The van der Waals surface area contributed by atoms with Gasteiger partial charge in [0.15, 0.2) is 0 Å². The van der Waals surface area contributed by atoms with Gasteiger partial charge in [-0.15, -0.1) is 0 Å². The van der Waals surface area contributed by atoms with Gasteiger partial charge in [0, 0.05) is 24.8 Å². The molecule has 6 nitrogen and oxygen atoms in total. The molecule has 0 saturated carbocycles. The molecule has 1 amide bonds. The molecule has 0 unspecified atom stereocenters. The lowest BCUT2D eigenvalue weighted by molar-refractivity contribution is -0.131. The highest BCUT2D eigenvalue weighted by molar-refractivity contribution is 5.78. The predicted molar refractivity (Wildman–Crippen MR) is 101 cm³/mol. The van der Waals surface area contributed by atoms with Crippen molar-refractivity contribution in [2.24, 2.45) is 0 Å². The molecule has 0 aliphatic carbocycles. The molecule has 2 saturated heterocycles. The van der Waals surface area contributed by atoms with Crippen molar-refractivity contribution in [2.75, 3.05) is 31.9 Å². The van der Waals surface area contributed by atoms with Crippen LogP contribution in [0.15, 0.2) is 30.5 Å². The highest BCUT2D eigenvalue weighted by Gasteiger charge is 2.32. The fourth-order valence-corrected chi connectivity index (χ4v) is 4.11. The molecule has 3 heterocycles. The molecule has 1 aromatic carbocycles. The molecule has 1 aromatic heterocycles. The third-order valence-electron chi connectivity index (χ3n) is 5.45. The van der Waals surface area contributed by atoms with Crippen LogP contribution in [0.5, 0.6) is 0 Å². The number of benzene rings is 1. The molecule has 2 fully saturated rings. The minimum Gasteiger partial charge on any atom is -0.368 e. The van der Waals surface area contributed by atoms with Crippen LogP contribution in [0.1, 0.15) is 37.4 Å². The van der Waals surface area contributed by atoms with E-state index in [0.29, 0.717) is 6.54 Å². The van der Waals surface area contributed by atoms with Crippen molar-refractivity contribution >= 4 is 11.9 Å². The molecule has 2 aromatic rings. The monoisotopic (exact) mass is 369 g/mol. The van der Waals surface area contributed by atoms with Gasteiger partial charge in [0.05, 0.1) is 18.3 Å². The van der Waals surface area contributed by atoms with Crippen LogP contribution in [-0.2, 0) is 4.79 Å². The minimum absolute atomic E-state index is 0.0138. The van der Waals surface area contributed by atoms with Gasteiger partial charge >= 0.3 is 0 Å². The molecule has 4 rings (SSSR count). The number of nitrogen functional groups attached to an aromatic ring is 1. The maximum atomic E-state index is 13.7. The highest BCUT2D eigenvalue weighted by Crippen LogP contribution is 2.36. The Morgan fingerprint density at radius 3 is 2.81 bits per heavy atom. The maximum Gasteiger partial charge on any atom is 0.236 e. The van der Waals surface area contributed by atoms with E-state index in [1.807, 2.05) is 11.0 Å². The van der Waals surface area contributed by atoms with Gasteiger partial charge in [0.25, 0.3) is 0 Å². The van der Waals surface area contributed by atoms with E-state index in [1.54, 1.807) is 12.3 Å². The predicted octanol–water partition coefficient (Wildman–Crippen LogP) is 2.62. The molecule has 1 atom stereocenters. The number of amides is 1. The highest BCUT2D eigenvalue weighted by atomic mass is 19.1. The zero-order chi connectivity index (χ0) is 18.8. The number of carbonyl (C=O) groups excluding carboxylic acids is 1. The summed E-state index contributed by atoms with van der Waals surface area (Å²) in [4.78, 5) is 25.3. The quantitative estimate of drug-likeness (QED) is 0.897. The topological polar surface area (TPSA) is 75.3 Å². The lowest BCUT2D eigenvalue weighted by atomic mass is 9.99. The number of hydrogen-bond acceptors (Lipinski definition) is 5. The molecular weight excluding hydrogens is 345 g/mol. The van der Waals surface area contributed by atoms with Crippen LogP contribution in [0, 0.1) is 5.82 Å². The van der Waals surface area contributed by atoms with Crippen LogP contribution in [-0.4, -0.2) is 51.9 Å². The molecule has 0 spiro atoms. The van der Waals surface area contributed by atoms with Crippen LogP contribution in [0.4, 0.5) is 10.3 Å². The Labute approximate surface area is 158 Å². The van der Waals surface area contributed by atoms with Crippen LogP contribution in [0.3, 0.4) is 0 Å². The Bertz CT molecular complexity index is 837. The molecular formula is C20H24FN5O. The normalized spacial score (nSPS) is 20.3. The molecule has 0 radical (unpaired) electrons. The fourth-order valence-electron chi connectivity index (χ4n) is 4.11. The van der Waals surface area contributed by atoms with E-state index in [9.17, 15) is 9.18 Å². The Morgan fingerprint density at radius 1 is 1.22 bits per heavy atom. The van der Waals surface area contributed by atoms with Crippen LogP contribution in [0.2, 0.25) is 0 Å². The van der Waals surface area contributed by atoms with Crippen molar-refractivity contribution in [1.82, 2.24) is 19.8 Å². The summed E-state index contributed by atoms with van der Waals surface area (Å²) in [6.07, 6.45) is 5.71. The largest absolute Gasteiger partial charge is 0.368 e. The Balaban J connectivity index is 1.63. The van der Waals surface area contributed by atoms with Crippen molar-refractivity contribution in [3.63, 3.8) is 0 Å². The van der Waals surface area contributed by atoms with E-state index < -0.39 is 0 Å². The molecule has 2 N–H and O–H groups in total. The summed E-state index contributed by atoms with van der Waals surface area (Å²) in [5.74, 6) is 0.0689. The van der Waals surface area contributed by atoms with Crippen molar-refractivity contribution in [2.45, 2.75) is 31.7 Å². The van der Waals surface area contributed by atoms with Crippen LogP contribution < -0.4 is 5.73 Å². The van der Waals surface area contributed by atoms with E-state index in [1.165, 1.54) is 12.1 Å².